The van der Waals surface area contributed by atoms with Gasteiger partial charge in [-0.1, -0.05) is 17.7 Å². The molecule has 1 unspecified atom stereocenters. The first-order chi connectivity index (χ1) is 8.82. The Labute approximate surface area is 119 Å². The third kappa shape index (κ3) is 4.40. The number of carbonyl (C=O) groups excluding carboxylic acids is 1. The van der Waals surface area contributed by atoms with E-state index in [4.69, 9.17) is 11.6 Å². The summed E-state index contributed by atoms with van der Waals surface area (Å²) >= 11 is 6.02. The van der Waals surface area contributed by atoms with E-state index in [2.05, 4.69) is 5.32 Å². The van der Waals surface area contributed by atoms with Crippen molar-refractivity contribution >= 4 is 23.3 Å². The van der Waals surface area contributed by atoms with Gasteiger partial charge in [-0.25, -0.2) is 4.79 Å². The molecule has 1 rings (SSSR count). The molecule has 19 heavy (non-hydrogen) atoms. The van der Waals surface area contributed by atoms with Crippen LogP contribution in [0.2, 0.25) is 5.02 Å². The van der Waals surface area contributed by atoms with Crippen LogP contribution in [0.4, 0.5) is 10.5 Å². The highest BCUT2D eigenvalue weighted by molar-refractivity contribution is 6.31. The number of hydrogen-bond acceptors (Lipinski definition) is 2. The lowest BCUT2D eigenvalue weighted by Crippen LogP contribution is -2.43. The van der Waals surface area contributed by atoms with Crippen molar-refractivity contribution < 1.29 is 9.90 Å². The molecule has 1 aromatic rings. The average molecular weight is 285 g/mol. The lowest BCUT2D eigenvalue weighted by Gasteiger charge is -2.28. The number of carbonyl (C=O) groups is 1. The molecular formula is C14H21ClN2O2. The van der Waals surface area contributed by atoms with Crippen molar-refractivity contribution in [2.75, 3.05) is 11.9 Å². The molecule has 1 aromatic carbocycles. The molecular weight excluding hydrogens is 264 g/mol. The van der Waals surface area contributed by atoms with Gasteiger partial charge in [-0.3, -0.25) is 0 Å². The number of hydrogen-bond donors (Lipinski definition) is 2. The molecule has 0 bridgehead atoms. The minimum Gasteiger partial charge on any atom is -0.392 e. The Kier molecular flexibility index (Phi) is 5.63. The van der Waals surface area contributed by atoms with Crippen LogP contribution in [0.1, 0.15) is 26.3 Å². The highest BCUT2D eigenvalue weighted by Crippen LogP contribution is 2.23. The summed E-state index contributed by atoms with van der Waals surface area (Å²) in [4.78, 5) is 13.8. The summed E-state index contributed by atoms with van der Waals surface area (Å²) in [5.74, 6) is 0. The van der Waals surface area contributed by atoms with Crippen molar-refractivity contribution in [3.05, 3.63) is 28.8 Å². The van der Waals surface area contributed by atoms with E-state index in [1.54, 1.807) is 30.0 Å². The Bertz CT molecular complexity index is 447. The molecule has 0 radical (unpaired) electrons. The molecule has 0 aromatic heterocycles. The van der Waals surface area contributed by atoms with Crippen LogP contribution in [-0.2, 0) is 0 Å². The van der Waals surface area contributed by atoms with Gasteiger partial charge in [0, 0.05) is 23.3 Å². The topological polar surface area (TPSA) is 52.6 Å². The molecule has 2 N–H and O–H groups in total. The zero-order valence-electron chi connectivity index (χ0n) is 11.8. The highest BCUT2D eigenvalue weighted by atomic mass is 35.5. The first kappa shape index (κ1) is 15.8. The van der Waals surface area contributed by atoms with Gasteiger partial charge in [0.15, 0.2) is 0 Å². The maximum Gasteiger partial charge on any atom is 0.322 e. The first-order valence-corrected chi connectivity index (χ1v) is 6.71. The summed E-state index contributed by atoms with van der Waals surface area (Å²) in [6.45, 7) is 7.63. The zero-order valence-corrected chi connectivity index (χ0v) is 12.5. The highest BCUT2D eigenvalue weighted by Gasteiger charge is 2.19. The fraction of sp³-hybridized carbons (Fsp3) is 0.500. The molecule has 106 valence electrons. The van der Waals surface area contributed by atoms with Crippen LogP contribution < -0.4 is 5.32 Å². The van der Waals surface area contributed by atoms with E-state index in [9.17, 15) is 9.90 Å². The lowest BCUT2D eigenvalue weighted by molar-refractivity contribution is 0.125. The molecule has 5 heteroatoms. The van der Waals surface area contributed by atoms with Crippen LogP contribution in [0, 0.1) is 6.92 Å². The number of aliphatic hydroxyl groups is 1. The van der Waals surface area contributed by atoms with Crippen molar-refractivity contribution in [2.24, 2.45) is 0 Å². The van der Waals surface area contributed by atoms with E-state index in [1.165, 1.54) is 0 Å². The van der Waals surface area contributed by atoms with E-state index in [0.29, 0.717) is 17.3 Å². The van der Waals surface area contributed by atoms with Gasteiger partial charge in [0.1, 0.15) is 0 Å². The zero-order chi connectivity index (χ0) is 14.6. The SMILES string of the molecule is Cc1c(Cl)cccc1NC(=O)N(CC(C)O)C(C)C. The number of urea groups is 1. The summed E-state index contributed by atoms with van der Waals surface area (Å²) < 4.78 is 0. The quantitative estimate of drug-likeness (QED) is 0.891. The minimum absolute atomic E-state index is 0.00842. The van der Waals surface area contributed by atoms with Crippen molar-refractivity contribution in [2.45, 2.75) is 39.8 Å². The van der Waals surface area contributed by atoms with Gasteiger partial charge in [-0.05, 0) is 45.4 Å². The van der Waals surface area contributed by atoms with Crippen LogP contribution in [0.5, 0.6) is 0 Å². The number of halogens is 1. The second-order valence-electron chi connectivity index (χ2n) is 4.94. The summed E-state index contributed by atoms with van der Waals surface area (Å²) in [5.41, 5.74) is 1.52. The Balaban J connectivity index is 2.84. The van der Waals surface area contributed by atoms with Crippen LogP contribution in [0.3, 0.4) is 0 Å². The molecule has 0 aliphatic rings. The van der Waals surface area contributed by atoms with Crippen molar-refractivity contribution in [3.63, 3.8) is 0 Å². The molecule has 2 amide bonds. The number of rotatable bonds is 4. The smallest absolute Gasteiger partial charge is 0.322 e. The van der Waals surface area contributed by atoms with Crippen molar-refractivity contribution in [3.8, 4) is 0 Å². The normalized spacial score (nSPS) is 12.4. The number of benzene rings is 1. The number of amides is 2. The molecule has 0 saturated heterocycles. The Hall–Kier alpha value is -1.26. The Morgan fingerprint density at radius 3 is 2.58 bits per heavy atom. The molecule has 0 saturated carbocycles. The number of nitrogens with zero attached hydrogens (tertiary/aromatic N) is 1. The number of aliphatic hydroxyl groups excluding tert-OH is 1. The van der Waals surface area contributed by atoms with E-state index in [0.717, 1.165) is 5.56 Å². The summed E-state index contributed by atoms with van der Waals surface area (Å²) in [6, 6.07) is 5.15. The monoisotopic (exact) mass is 284 g/mol. The van der Waals surface area contributed by atoms with Gasteiger partial charge in [0.25, 0.3) is 0 Å². The summed E-state index contributed by atoms with van der Waals surface area (Å²) in [7, 11) is 0. The van der Waals surface area contributed by atoms with Gasteiger partial charge in [-0.2, -0.15) is 0 Å². The Morgan fingerprint density at radius 2 is 2.05 bits per heavy atom. The fourth-order valence-corrected chi connectivity index (χ4v) is 1.92. The van der Waals surface area contributed by atoms with Crippen LogP contribution in [-0.4, -0.2) is 34.7 Å². The van der Waals surface area contributed by atoms with Gasteiger partial charge >= 0.3 is 6.03 Å². The van der Waals surface area contributed by atoms with E-state index in [1.807, 2.05) is 20.8 Å². The van der Waals surface area contributed by atoms with E-state index >= 15 is 0 Å². The van der Waals surface area contributed by atoms with Gasteiger partial charge < -0.3 is 15.3 Å². The van der Waals surface area contributed by atoms with Crippen LogP contribution in [0.25, 0.3) is 0 Å². The Morgan fingerprint density at radius 1 is 1.42 bits per heavy atom. The van der Waals surface area contributed by atoms with Crippen LogP contribution >= 0.6 is 11.6 Å². The molecule has 4 nitrogen and oxygen atoms in total. The third-order valence-electron chi connectivity index (χ3n) is 2.85. The first-order valence-electron chi connectivity index (χ1n) is 6.33. The molecule has 0 heterocycles. The number of anilines is 1. The van der Waals surface area contributed by atoms with Crippen molar-refractivity contribution in [1.82, 2.24) is 4.90 Å². The summed E-state index contributed by atoms with van der Waals surface area (Å²) in [6.07, 6.45) is -0.561. The molecule has 0 aliphatic carbocycles. The van der Waals surface area contributed by atoms with Gasteiger partial charge in [-0.15, -0.1) is 0 Å². The van der Waals surface area contributed by atoms with E-state index < -0.39 is 6.10 Å². The number of nitrogens with one attached hydrogen (secondary N) is 1. The molecule has 0 fully saturated rings. The second-order valence-corrected chi connectivity index (χ2v) is 5.34. The average Bonchev–Trinajstić information content (AvgIpc) is 2.31. The van der Waals surface area contributed by atoms with Crippen LogP contribution in [0.15, 0.2) is 18.2 Å². The van der Waals surface area contributed by atoms with Gasteiger partial charge in [0.2, 0.25) is 0 Å². The summed E-state index contributed by atoms with van der Waals surface area (Å²) in [5, 5.41) is 12.9. The minimum atomic E-state index is -0.561. The van der Waals surface area contributed by atoms with Crippen molar-refractivity contribution in [1.29, 1.82) is 0 Å². The second kappa shape index (κ2) is 6.78. The molecule has 0 aliphatic heterocycles. The standard InChI is InChI=1S/C14H21ClN2O2/c1-9(2)17(8-10(3)18)14(19)16-13-7-5-6-12(15)11(13)4/h5-7,9-10,18H,8H2,1-4H3,(H,16,19). The van der Waals surface area contributed by atoms with E-state index in [-0.39, 0.29) is 12.1 Å². The molecule has 1 atom stereocenters. The predicted molar refractivity (Wildman–Crippen MR) is 78.7 cm³/mol. The molecule has 0 spiro atoms. The maximum atomic E-state index is 12.2. The third-order valence-corrected chi connectivity index (χ3v) is 3.26. The fourth-order valence-electron chi connectivity index (χ4n) is 1.74. The lowest BCUT2D eigenvalue weighted by atomic mass is 10.2. The largest absolute Gasteiger partial charge is 0.392 e. The van der Waals surface area contributed by atoms with Gasteiger partial charge in [0.05, 0.1) is 6.10 Å². The maximum absolute atomic E-state index is 12.2. The predicted octanol–water partition coefficient (Wildman–Crippen LogP) is 3.27.